The molecule has 1 aliphatic heterocycles. The molecule has 1 fully saturated rings. The molecule has 2 rings (SSSR count). The van der Waals surface area contributed by atoms with Crippen LogP contribution < -0.4 is 5.32 Å². The van der Waals surface area contributed by atoms with Crippen molar-refractivity contribution in [3.05, 3.63) is 17.0 Å². The number of hydrogen-bond acceptors (Lipinski definition) is 3. The van der Waals surface area contributed by atoms with E-state index in [1.165, 1.54) is 25.8 Å². The van der Waals surface area contributed by atoms with Crippen LogP contribution in [0.2, 0.25) is 0 Å². The van der Waals surface area contributed by atoms with Gasteiger partial charge in [-0.2, -0.15) is 5.10 Å². The van der Waals surface area contributed by atoms with Crippen molar-refractivity contribution in [2.24, 2.45) is 5.92 Å². The molecule has 1 aliphatic rings. The first kappa shape index (κ1) is 20.0. The van der Waals surface area contributed by atoms with Crippen LogP contribution in [0.1, 0.15) is 63.4 Å². The molecule has 1 aromatic rings. The summed E-state index contributed by atoms with van der Waals surface area (Å²) in [7, 11) is 0. The molecule has 2 heterocycles. The Hall–Kier alpha value is -1.36. The van der Waals surface area contributed by atoms with Crippen LogP contribution in [-0.4, -0.2) is 46.3 Å². The van der Waals surface area contributed by atoms with Gasteiger partial charge in [0.05, 0.1) is 12.1 Å². The Balaban J connectivity index is 1.76. The van der Waals surface area contributed by atoms with Gasteiger partial charge in [0.15, 0.2) is 0 Å². The van der Waals surface area contributed by atoms with E-state index in [-0.39, 0.29) is 5.91 Å². The van der Waals surface area contributed by atoms with Gasteiger partial charge in [-0.25, -0.2) is 0 Å². The molecule has 1 aromatic heterocycles. The number of carbonyl (C=O) groups excluding carboxylic acids is 1. The molecule has 0 saturated carbocycles. The number of nitrogens with one attached hydrogen (secondary N) is 1. The number of likely N-dealkylation sites (tertiary alicyclic amines) is 1. The molecule has 0 radical (unpaired) electrons. The lowest BCUT2D eigenvalue weighted by Crippen LogP contribution is -2.39. The highest BCUT2D eigenvalue weighted by Gasteiger charge is 2.18. The molecule has 0 aliphatic carbocycles. The highest BCUT2D eigenvalue weighted by atomic mass is 16.1. The summed E-state index contributed by atoms with van der Waals surface area (Å²) in [6, 6.07) is 0.696. The molecule has 0 aromatic carbocycles. The molecule has 142 valence electrons. The Kier molecular flexibility index (Phi) is 7.48. The average Bonchev–Trinajstić information content (AvgIpc) is 2.80. The third-order valence-corrected chi connectivity index (χ3v) is 5.29. The number of piperidine rings is 1. The number of hydrogen-bond donors (Lipinski definition) is 1. The quantitative estimate of drug-likeness (QED) is 0.735. The maximum absolute atomic E-state index is 12.3. The van der Waals surface area contributed by atoms with Gasteiger partial charge in [0, 0.05) is 36.9 Å². The number of aromatic nitrogens is 2. The first-order valence-electron chi connectivity index (χ1n) is 9.92. The molecular weight excluding hydrogens is 312 g/mol. The Morgan fingerprint density at radius 2 is 2.08 bits per heavy atom. The topological polar surface area (TPSA) is 50.2 Å². The van der Waals surface area contributed by atoms with E-state index in [0.29, 0.717) is 18.4 Å². The first-order valence-corrected chi connectivity index (χ1v) is 9.92. The van der Waals surface area contributed by atoms with Crippen molar-refractivity contribution in [3.8, 4) is 0 Å². The molecule has 1 saturated heterocycles. The Morgan fingerprint density at radius 1 is 1.32 bits per heavy atom. The van der Waals surface area contributed by atoms with Crippen molar-refractivity contribution in [2.45, 2.75) is 79.3 Å². The molecule has 5 nitrogen and oxygen atoms in total. The highest BCUT2D eigenvalue weighted by molar-refractivity contribution is 5.79. The summed E-state index contributed by atoms with van der Waals surface area (Å²) in [5, 5.41) is 7.69. The van der Waals surface area contributed by atoms with Gasteiger partial charge in [0.2, 0.25) is 5.91 Å². The summed E-state index contributed by atoms with van der Waals surface area (Å²) in [6.45, 7) is 14.7. The monoisotopic (exact) mass is 348 g/mol. The number of nitrogens with zero attached hydrogens (tertiary/aromatic N) is 3. The lowest BCUT2D eigenvalue weighted by atomic mass is 10.0. The second-order valence-corrected chi connectivity index (χ2v) is 7.99. The molecule has 1 unspecified atom stereocenters. The van der Waals surface area contributed by atoms with Crippen LogP contribution in [0, 0.1) is 19.8 Å². The van der Waals surface area contributed by atoms with E-state index in [4.69, 9.17) is 0 Å². The van der Waals surface area contributed by atoms with E-state index in [1.54, 1.807) is 0 Å². The summed E-state index contributed by atoms with van der Waals surface area (Å²) in [5.41, 5.74) is 3.20. The van der Waals surface area contributed by atoms with E-state index in [0.717, 1.165) is 43.0 Å². The van der Waals surface area contributed by atoms with Crippen molar-refractivity contribution < 1.29 is 4.79 Å². The fraction of sp³-hybridized carbons (Fsp3) is 0.800. The van der Waals surface area contributed by atoms with Crippen LogP contribution in [0.4, 0.5) is 0 Å². The smallest absolute Gasteiger partial charge is 0.224 e. The lowest BCUT2D eigenvalue weighted by molar-refractivity contribution is -0.120. The van der Waals surface area contributed by atoms with Crippen molar-refractivity contribution in [3.63, 3.8) is 0 Å². The molecule has 1 N–H and O–H groups in total. The van der Waals surface area contributed by atoms with Gasteiger partial charge in [-0.3, -0.25) is 9.48 Å². The summed E-state index contributed by atoms with van der Waals surface area (Å²) in [6.07, 6.45) is 5.45. The molecular formula is C20H36N4O. The second-order valence-electron chi connectivity index (χ2n) is 7.99. The average molecular weight is 349 g/mol. The normalized spacial score (nSPS) is 18.7. The Labute approximate surface area is 153 Å². The predicted octanol–water partition coefficient (Wildman–Crippen LogP) is 3.08. The van der Waals surface area contributed by atoms with Crippen LogP contribution >= 0.6 is 0 Å². The van der Waals surface area contributed by atoms with Gasteiger partial charge < -0.3 is 10.2 Å². The van der Waals surface area contributed by atoms with Crippen molar-refractivity contribution >= 4 is 5.91 Å². The zero-order valence-corrected chi connectivity index (χ0v) is 16.8. The summed E-state index contributed by atoms with van der Waals surface area (Å²) >= 11 is 0. The number of amides is 1. The fourth-order valence-corrected chi connectivity index (χ4v) is 3.74. The lowest BCUT2D eigenvalue weighted by Gasteiger charge is -2.33. The molecule has 5 heteroatoms. The zero-order chi connectivity index (χ0) is 18.4. The minimum atomic E-state index is 0.113. The molecule has 25 heavy (non-hydrogen) atoms. The minimum absolute atomic E-state index is 0.113. The van der Waals surface area contributed by atoms with Crippen molar-refractivity contribution in [2.75, 3.05) is 19.6 Å². The third kappa shape index (κ3) is 5.84. The van der Waals surface area contributed by atoms with E-state index < -0.39 is 0 Å². The predicted molar refractivity (Wildman–Crippen MR) is 103 cm³/mol. The summed E-state index contributed by atoms with van der Waals surface area (Å²) in [5.74, 6) is 0.666. The van der Waals surface area contributed by atoms with Crippen LogP contribution in [0.25, 0.3) is 0 Å². The Morgan fingerprint density at radius 3 is 2.76 bits per heavy atom. The molecule has 1 atom stereocenters. The van der Waals surface area contributed by atoms with Crippen LogP contribution in [0.5, 0.6) is 0 Å². The second kappa shape index (κ2) is 9.37. The third-order valence-electron chi connectivity index (χ3n) is 5.29. The van der Waals surface area contributed by atoms with Crippen LogP contribution in [0.3, 0.4) is 0 Å². The van der Waals surface area contributed by atoms with E-state index in [1.807, 2.05) is 11.6 Å². The van der Waals surface area contributed by atoms with Crippen molar-refractivity contribution in [1.29, 1.82) is 0 Å². The highest BCUT2D eigenvalue weighted by Crippen LogP contribution is 2.17. The zero-order valence-electron chi connectivity index (χ0n) is 16.8. The Bertz CT molecular complexity index is 564. The summed E-state index contributed by atoms with van der Waals surface area (Å²) in [4.78, 5) is 14.9. The van der Waals surface area contributed by atoms with Gasteiger partial charge >= 0.3 is 0 Å². The van der Waals surface area contributed by atoms with Crippen molar-refractivity contribution in [1.82, 2.24) is 20.0 Å². The van der Waals surface area contributed by atoms with Gasteiger partial charge in [0.1, 0.15) is 0 Å². The van der Waals surface area contributed by atoms with Gasteiger partial charge in [-0.15, -0.1) is 0 Å². The minimum Gasteiger partial charge on any atom is -0.356 e. The SMILES string of the molecule is Cc1nn(CC(C)C)c(C)c1CC(=O)NCCCN1CCCCC1C. The first-order chi connectivity index (χ1) is 11.9. The number of rotatable bonds is 8. The van der Waals surface area contributed by atoms with Crippen LogP contribution in [-0.2, 0) is 17.8 Å². The maximum atomic E-state index is 12.3. The largest absolute Gasteiger partial charge is 0.356 e. The molecule has 0 spiro atoms. The van der Waals surface area contributed by atoms with Gasteiger partial charge in [0.25, 0.3) is 0 Å². The van der Waals surface area contributed by atoms with E-state index >= 15 is 0 Å². The summed E-state index contributed by atoms with van der Waals surface area (Å²) < 4.78 is 2.04. The number of carbonyl (C=O) groups is 1. The molecule has 0 bridgehead atoms. The van der Waals surface area contributed by atoms with E-state index in [9.17, 15) is 4.79 Å². The fourth-order valence-electron chi connectivity index (χ4n) is 3.74. The van der Waals surface area contributed by atoms with Gasteiger partial charge in [-0.05, 0) is 52.5 Å². The standard InChI is InChI=1S/C20H36N4O/c1-15(2)14-24-18(5)19(17(4)22-24)13-20(25)21-10-8-12-23-11-7-6-9-16(23)3/h15-16H,6-14H2,1-5H3,(H,21,25). The van der Waals surface area contributed by atoms with E-state index in [2.05, 4.69) is 43.0 Å². The van der Waals surface area contributed by atoms with Crippen LogP contribution in [0.15, 0.2) is 0 Å². The number of aryl methyl sites for hydroxylation is 1. The maximum Gasteiger partial charge on any atom is 0.224 e. The van der Waals surface area contributed by atoms with Gasteiger partial charge in [-0.1, -0.05) is 20.3 Å². The molecule has 1 amide bonds.